The number of aromatic nitrogens is 2. The van der Waals surface area contributed by atoms with E-state index in [4.69, 9.17) is 16.3 Å². The Bertz CT molecular complexity index is 570. The van der Waals surface area contributed by atoms with Crippen LogP contribution in [0.4, 0.5) is 0 Å². The van der Waals surface area contributed by atoms with Gasteiger partial charge >= 0.3 is 0 Å². The minimum atomic E-state index is 0.140. The maximum atomic E-state index is 6.03. The summed E-state index contributed by atoms with van der Waals surface area (Å²) in [6.45, 7) is 3.36. The molecule has 0 aliphatic carbocycles. The molecule has 1 fully saturated rings. The molecule has 3 rings (SSSR count). The fraction of sp³-hybridized carbons (Fsp3) is 0.400. The minimum absolute atomic E-state index is 0.140. The van der Waals surface area contributed by atoms with Crippen LogP contribution in [0.15, 0.2) is 36.5 Å². The van der Waals surface area contributed by atoms with Crippen molar-refractivity contribution in [3.05, 3.63) is 53.1 Å². The SMILES string of the molecule is Cn1c(Cl)cnc1CN1CCO[C@H](c2ccccc2)C1. The van der Waals surface area contributed by atoms with Crippen LogP contribution >= 0.6 is 11.6 Å². The van der Waals surface area contributed by atoms with E-state index in [9.17, 15) is 0 Å². The van der Waals surface area contributed by atoms with Crippen molar-refractivity contribution < 1.29 is 4.74 Å². The van der Waals surface area contributed by atoms with Gasteiger partial charge < -0.3 is 9.30 Å². The number of hydrogen-bond acceptors (Lipinski definition) is 3. The zero-order valence-corrected chi connectivity index (χ0v) is 12.3. The number of ether oxygens (including phenoxy) is 1. The van der Waals surface area contributed by atoms with Gasteiger partial charge in [0.25, 0.3) is 0 Å². The van der Waals surface area contributed by atoms with Gasteiger partial charge in [0.05, 0.1) is 25.5 Å². The molecule has 2 aromatic rings. The van der Waals surface area contributed by atoms with Gasteiger partial charge in [-0.3, -0.25) is 4.90 Å². The third-order valence-electron chi connectivity index (χ3n) is 3.71. The second-order valence-electron chi connectivity index (χ2n) is 5.06. The lowest BCUT2D eigenvalue weighted by Crippen LogP contribution is -2.38. The van der Waals surface area contributed by atoms with Crippen LogP contribution in [0.3, 0.4) is 0 Å². The molecule has 1 aliphatic heterocycles. The Morgan fingerprint density at radius 1 is 1.35 bits per heavy atom. The molecule has 4 nitrogen and oxygen atoms in total. The Morgan fingerprint density at radius 2 is 2.15 bits per heavy atom. The molecular weight excluding hydrogens is 274 g/mol. The van der Waals surface area contributed by atoms with E-state index in [1.165, 1.54) is 5.56 Å². The highest BCUT2D eigenvalue weighted by atomic mass is 35.5. The Hall–Kier alpha value is -1.36. The summed E-state index contributed by atoms with van der Waals surface area (Å²) in [7, 11) is 1.94. The molecule has 0 saturated carbocycles. The molecule has 5 heteroatoms. The molecule has 1 aromatic heterocycles. The molecule has 0 amide bonds. The van der Waals surface area contributed by atoms with E-state index in [0.29, 0.717) is 5.15 Å². The van der Waals surface area contributed by atoms with Gasteiger partial charge in [-0.2, -0.15) is 0 Å². The molecule has 0 N–H and O–H groups in total. The van der Waals surface area contributed by atoms with Crippen molar-refractivity contribution in [2.75, 3.05) is 19.7 Å². The monoisotopic (exact) mass is 291 g/mol. The van der Waals surface area contributed by atoms with Gasteiger partial charge in [0.1, 0.15) is 11.0 Å². The van der Waals surface area contributed by atoms with Crippen molar-refractivity contribution >= 4 is 11.6 Å². The number of rotatable bonds is 3. The first-order chi connectivity index (χ1) is 9.74. The summed E-state index contributed by atoms with van der Waals surface area (Å²) in [5.41, 5.74) is 1.23. The van der Waals surface area contributed by atoms with E-state index in [1.807, 2.05) is 17.7 Å². The molecular formula is C15H18ClN3O. The first kappa shape index (κ1) is 13.6. The van der Waals surface area contributed by atoms with Gasteiger partial charge in [0.15, 0.2) is 0 Å². The first-order valence-electron chi connectivity index (χ1n) is 6.79. The van der Waals surface area contributed by atoms with Gasteiger partial charge in [-0.25, -0.2) is 4.98 Å². The first-order valence-corrected chi connectivity index (χ1v) is 7.17. The maximum Gasteiger partial charge on any atom is 0.128 e. The molecule has 1 aliphatic rings. The fourth-order valence-corrected chi connectivity index (χ4v) is 2.63. The Kier molecular flexibility index (Phi) is 4.05. The summed E-state index contributed by atoms with van der Waals surface area (Å²) in [5, 5.41) is 0.674. The second kappa shape index (κ2) is 5.95. The quantitative estimate of drug-likeness (QED) is 0.871. The molecule has 2 heterocycles. The molecule has 0 spiro atoms. The number of nitrogens with zero attached hydrogens (tertiary/aromatic N) is 3. The second-order valence-corrected chi connectivity index (χ2v) is 5.45. The van der Waals surface area contributed by atoms with Crippen molar-refractivity contribution in [2.45, 2.75) is 12.6 Å². The molecule has 106 valence electrons. The third kappa shape index (κ3) is 2.87. The third-order valence-corrected chi connectivity index (χ3v) is 4.07. The average molecular weight is 292 g/mol. The van der Waals surface area contributed by atoms with Crippen molar-refractivity contribution in [1.29, 1.82) is 0 Å². The van der Waals surface area contributed by atoms with Crippen molar-refractivity contribution in [3.63, 3.8) is 0 Å². The van der Waals surface area contributed by atoms with E-state index in [-0.39, 0.29) is 6.10 Å². The Balaban J connectivity index is 1.68. The summed E-state index contributed by atoms with van der Waals surface area (Å²) in [6, 6.07) is 10.4. The number of hydrogen-bond donors (Lipinski definition) is 0. The van der Waals surface area contributed by atoms with Crippen molar-refractivity contribution in [2.24, 2.45) is 7.05 Å². The lowest BCUT2D eigenvalue weighted by molar-refractivity contribution is -0.0338. The summed E-state index contributed by atoms with van der Waals surface area (Å²) in [6.07, 6.45) is 1.84. The van der Waals surface area contributed by atoms with Gasteiger partial charge in [-0.1, -0.05) is 41.9 Å². The van der Waals surface area contributed by atoms with Crippen LogP contribution in [-0.4, -0.2) is 34.1 Å². The van der Waals surface area contributed by atoms with Crippen molar-refractivity contribution in [1.82, 2.24) is 14.5 Å². The van der Waals surface area contributed by atoms with Crippen LogP contribution in [0.25, 0.3) is 0 Å². The molecule has 1 aromatic carbocycles. The molecule has 0 bridgehead atoms. The fourth-order valence-electron chi connectivity index (χ4n) is 2.49. The van der Waals surface area contributed by atoms with Gasteiger partial charge in [-0.15, -0.1) is 0 Å². The van der Waals surface area contributed by atoms with Crippen LogP contribution < -0.4 is 0 Å². The largest absolute Gasteiger partial charge is 0.371 e. The van der Waals surface area contributed by atoms with Crippen LogP contribution in [0.5, 0.6) is 0 Å². The molecule has 0 radical (unpaired) electrons. The predicted octanol–water partition coefficient (Wildman–Crippen LogP) is 2.65. The predicted molar refractivity (Wildman–Crippen MR) is 78.6 cm³/mol. The van der Waals surface area contributed by atoms with E-state index < -0.39 is 0 Å². The summed E-state index contributed by atoms with van der Waals surface area (Å²) in [5.74, 6) is 0.990. The number of morpholine rings is 1. The highest BCUT2D eigenvalue weighted by molar-refractivity contribution is 6.29. The lowest BCUT2D eigenvalue weighted by Gasteiger charge is -2.32. The topological polar surface area (TPSA) is 30.3 Å². The zero-order valence-electron chi connectivity index (χ0n) is 11.5. The molecule has 1 atom stereocenters. The number of halogens is 1. The molecule has 20 heavy (non-hydrogen) atoms. The summed E-state index contributed by atoms with van der Waals surface area (Å²) >= 11 is 6.03. The number of benzene rings is 1. The zero-order chi connectivity index (χ0) is 13.9. The lowest BCUT2D eigenvalue weighted by atomic mass is 10.1. The van der Waals surface area contributed by atoms with E-state index in [0.717, 1.165) is 32.1 Å². The summed E-state index contributed by atoms with van der Waals surface area (Å²) in [4.78, 5) is 6.72. The Labute approximate surface area is 123 Å². The normalized spacial score (nSPS) is 20.2. The highest BCUT2D eigenvalue weighted by Crippen LogP contribution is 2.23. The van der Waals surface area contributed by atoms with Gasteiger partial charge in [0, 0.05) is 20.1 Å². The molecule has 0 unspecified atom stereocenters. The van der Waals surface area contributed by atoms with Crippen LogP contribution in [0.1, 0.15) is 17.5 Å². The average Bonchev–Trinajstić information content (AvgIpc) is 2.81. The molecule has 1 saturated heterocycles. The van der Waals surface area contributed by atoms with Crippen LogP contribution in [0, 0.1) is 0 Å². The van der Waals surface area contributed by atoms with E-state index in [2.05, 4.69) is 34.1 Å². The van der Waals surface area contributed by atoms with Crippen LogP contribution in [-0.2, 0) is 18.3 Å². The minimum Gasteiger partial charge on any atom is -0.371 e. The van der Waals surface area contributed by atoms with Gasteiger partial charge in [0.2, 0.25) is 0 Å². The van der Waals surface area contributed by atoms with Crippen LogP contribution in [0.2, 0.25) is 5.15 Å². The number of imidazole rings is 1. The van der Waals surface area contributed by atoms with Gasteiger partial charge in [-0.05, 0) is 5.56 Å². The smallest absolute Gasteiger partial charge is 0.128 e. The van der Waals surface area contributed by atoms with E-state index in [1.54, 1.807) is 6.20 Å². The standard InChI is InChI=1S/C15H18ClN3O/c1-18-14(16)9-17-15(18)11-19-7-8-20-13(10-19)12-5-3-2-4-6-12/h2-6,9,13H,7-8,10-11H2,1H3/t13-/m0/s1. The van der Waals surface area contributed by atoms with E-state index >= 15 is 0 Å². The summed E-state index contributed by atoms with van der Waals surface area (Å²) < 4.78 is 7.80. The highest BCUT2D eigenvalue weighted by Gasteiger charge is 2.22. The Morgan fingerprint density at radius 3 is 2.85 bits per heavy atom. The maximum absolute atomic E-state index is 6.03. The van der Waals surface area contributed by atoms with Crippen molar-refractivity contribution in [3.8, 4) is 0 Å².